The van der Waals surface area contributed by atoms with E-state index in [2.05, 4.69) is 15.9 Å². The molecule has 3 aromatic carbocycles. The van der Waals surface area contributed by atoms with E-state index in [4.69, 9.17) is 20.9 Å². The van der Waals surface area contributed by atoms with Gasteiger partial charge in [0.15, 0.2) is 5.69 Å². The molecular formula is C25H22BrClNO6PS. The van der Waals surface area contributed by atoms with Crippen LogP contribution in [0.5, 0.6) is 0 Å². The van der Waals surface area contributed by atoms with Gasteiger partial charge in [-0.2, -0.15) is 0 Å². The zero-order chi connectivity index (χ0) is 26.1. The molecule has 0 aliphatic rings. The Morgan fingerprint density at radius 1 is 1.00 bits per heavy atom. The van der Waals surface area contributed by atoms with Crippen molar-refractivity contribution in [3.8, 4) is 0 Å². The van der Waals surface area contributed by atoms with Crippen LogP contribution in [0.2, 0.25) is 5.02 Å². The highest BCUT2D eigenvalue weighted by atomic mass is 79.9. The summed E-state index contributed by atoms with van der Waals surface area (Å²) in [6.07, 6.45) is 0. The van der Waals surface area contributed by atoms with E-state index in [0.29, 0.717) is 4.47 Å². The summed E-state index contributed by atoms with van der Waals surface area (Å²) >= 11 is 9.70. The number of aromatic nitrogens is 1. The molecule has 4 rings (SSSR count). The van der Waals surface area contributed by atoms with Crippen molar-refractivity contribution in [1.82, 2.24) is 3.97 Å². The Hall–Kier alpha value is -2.42. The Morgan fingerprint density at radius 3 is 2.36 bits per heavy atom. The predicted octanol–water partition coefficient (Wildman–Crippen LogP) is 5.74. The molecule has 0 aliphatic carbocycles. The number of hydrogen-bond acceptors (Lipinski definition) is 6. The molecule has 7 nitrogen and oxygen atoms in total. The fourth-order valence-corrected chi connectivity index (χ4v) is 8.76. The minimum absolute atomic E-state index is 0.0260. The maximum atomic E-state index is 14.8. The Bertz CT molecular complexity index is 1600. The molecule has 0 aliphatic heterocycles. The zero-order valence-corrected chi connectivity index (χ0v) is 23.4. The second kappa shape index (κ2) is 10.5. The molecule has 11 heteroatoms. The van der Waals surface area contributed by atoms with Gasteiger partial charge in [-0.25, -0.2) is 17.2 Å². The fraction of sp³-hybridized carbons (Fsp3) is 0.160. The van der Waals surface area contributed by atoms with E-state index in [0.717, 1.165) is 3.97 Å². The molecule has 0 amide bonds. The Labute approximate surface area is 222 Å². The lowest BCUT2D eigenvalue weighted by molar-refractivity contribution is 0.0520. The third kappa shape index (κ3) is 4.66. The molecule has 188 valence electrons. The fourth-order valence-electron chi connectivity index (χ4n) is 3.95. The van der Waals surface area contributed by atoms with Crippen LogP contribution >= 0.6 is 34.9 Å². The summed E-state index contributed by atoms with van der Waals surface area (Å²) in [6, 6.07) is 18.8. The summed E-state index contributed by atoms with van der Waals surface area (Å²) in [5.74, 6) is -0.950. The van der Waals surface area contributed by atoms with E-state index in [1.54, 1.807) is 56.3 Å². The van der Waals surface area contributed by atoms with Gasteiger partial charge in [-0.05, 0) is 62.4 Å². The van der Waals surface area contributed by atoms with Gasteiger partial charge in [-0.1, -0.05) is 51.8 Å². The quantitative estimate of drug-likeness (QED) is 0.187. The van der Waals surface area contributed by atoms with E-state index in [-0.39, 0.29) is 44.6 Å². The third-order valence-corrected chi connectivity index (χ3v) is 10.4. The topological polar surface area (TPSA) is 91.7 Å². The number of benzene rings is 3. The van der Waals surface area contributed by atoms with Crippen LogP contribution in [0.1, 0.15) is 24.3 Å². The second-order valence-corrected chi connectivity index (χ2v) is 13.1. The van der Waals surface area contributed by atoms with Crippen molar-refractivity contribution in [2.45, 2.75) is 18.7 Å². The molecule has 1 aromatic heterocycles. The van der Waals surface area contributed by atoms with Crippen LogP contribution in [0.3, 0.4) is 0 Å². The molecule has 1 unspecified atom stereocenters. The van der Waals surface area contributed by atoms with Crippen LogP contribution < -0.4 is 10.6 Å². The predicted molar refractivity (Wildman–Crippen MR) is 145 cm³/mol. The van der Waals surface area contributed by atoms with E-state index < -0.39 is 29.1 Å². The molecule has 1 heterocycles. The summed E-state index contributed by atoms with van der Waals surface area (Å²) in [4.78, 5) is 13.4. The average molecular weight is 611 g/mol. The molecule has 0 saturated carbocycles. The van der Waals surface area contributed by atoms with Crippen molar-refractivity contribution in [2.75, 3.05) is 13.2 Å². The molecule has 36 heavy (non-hydrogen) atoms. The van der Waals surface area contributed by atoms with Crippen LogP contribution in [-0.2, 0) is 23.8 Å². The minimum atomic E-state index is -4.33. The molecule has 0 saturated heterocycles. The van der Waals surface area contributed by atoms with E-state index in [1.807, 2.05) is 0 Å². The van der Waals surface area contributed by atoms with Crippen molar-refractivity contribution < 1.29 is 27.0 Å². The van der Waals surface area contributed by atoms with Gasteiger partial charge in [-0.15, -0.1) is 0 Å². The number of carbonyl (C=O) groups is 1. The summed E-state index contributed by atoms with van der Waals surface area (Å²) in [5.41, 5.74) is -0.272. The van der Waals surface area contributed by atoms with Crippen molar-refractivity contribution in [1.29, 1.82) is 0 Å². The van der Waals surface area contributed by atoms with Gasteiger partial charge in [0.2, 0.25) is 0 Å². The number of rotatable bonds is 8. The highest BCUT2D eigenvalue weighted by molar-refractivity contribution is 9.10. The lowest BCUT2D eigenvalue weighted by atomic mass is 10.2. The SMILES string of the molecule is CCOC(=O)c1c(P(=O)(OCC)c2cccc(Br)c2)c2cc(Cl)ccc2n1S(=O)(=O)c1ccccc1. The number of halogens is 2. The first kappa shape index (κ1) is 26.6. The molecule has 1 atom stereocenters. The Kier molecular flexibility index (Phi) is 7.78. The van der Waals surface area contributed by atoms with Crippen LogP contribution in [0.4, 0.5) is 0 Å². The number of fused-ring (bicyclic) bond motifs is 1. The lowest BCUT2D eigenvalue weighted by Gasteiger charge is -2.20. The van der Waals surface area contributed by atoms with Crippen LogP contribution in [0.15, 0.2) is 82.2 Å². The highest BCUT2D eigenvalue weighted by Crippen LogP contribution is 2.49. The molecule has 0 N–H and O–H groups in total. The first-order chi connectivity index (χ1) is 17.1. The van der Waals surface area contributed by atoms with Crippen LogP contribution in [0.25, 0.3) is 10.9 Å². The Morgan fingerprint density at radius 2 is 1.72 bits per heavy atom. The zero-order valence-electron chi connectivity index (χ0n) is 19.4. The van der Waals surface area contributed by atoms with E-state index in [1.165, 1.54) is 30.3 Å². The molecule has 0 fully saturated rings. The maximum absolute atomic E-state index is 14.8. The number of ether oxygens (including phenoxy) is 1. The highest BCUT2D eigenvalue weighted by Gasteiger charge is 2.41. The molecule has 0 spiro atoms. The largest absolute Gasteiger partial charge is 0.461 e. The normalized spacial score (nSPS) is 13.4. The third-order valence-electron chi connectivity index (χ3n) is 5.36. The summed E-state index contributed by atoms with van der Waals surface area (Å²) in [5, 5.41) is 0.672. The summed E-state index contributed by atoms with van der Waals surface area (Å²) < 4.78 is 55.4. The Balaban J connectivity index is 2.23. The smallest absolute Gasteiger partial charge is 0.356 e. The van der Waals surface area contributed by atoms with Crippen molar-refractivity contribution >= 4 is 72.4 Å². The molecular weight excluding hydrogens is 589 g/mol. The number of carbonyl (C=O) groups excluding carboxylic acids is 1. The van der Waals surface area contributed by atoms with Gasteiger partial charge in [0.25, 0.3) is 17.4 Å². The first-order valence-corrected chi connectivity index (χ1v) is 15.2. The van der Waals surface area contributed by atoms with Gasteiger partial charge in [0.1, 0.15) is 0 Å². The molecule has 0 bridgehead atoms. The van der Waals surface area contributed by atoms with Gasteiger partial charge < -0.3 is 9.26 Å². The van der Waals surface area contributed by atoms with E-state index >= 15 is 0 Å². The number of hydrogen-bond donors (Lipinski definition) is 0. The minimum Gasteiger partial charge on any atom is -0.461 e. The number of nitrogens with zero attached hydrogens (tertiary/aromatic N) is 1. The van der Waals surface area contributed by atoms with Gasteiger partial charge >= 0.3 is 5.97 Å². The first-order valence-electron chi connectivity index (χ1n) is 11.0. The molecule has 4 aromatic rings. The number of esters is 1. The van der Waals surface area contributed by atoms with Gasteiger partial charge in [0.05, 0.1) is 28.9 Å². The standard InChI is InChI=1S/C25H22BrClNO6PS/c1-3-33-25(29)23-24(35(30,34-4-2)19-10-8-9-17(26)15-19)21-16-18(27)13-14-22(21)28(23)36(31,32)20-11-6-5-7-12-20/h5-16H,3-4H2,1-2H3. The summed E-state index contributed by atoms with van der Waals surface area (Å²) in [7, 11) is -8.38. The van der Waals surface area contributed by atoms with Crippen LogP contribution in [-0.4, -0.2) is 31.6 Å². The van der Waals surface area contributed by atoms with Gasteiger partial charge in [-0.3, -0.25) is 4.57 Å². The van der Waals surface area contributed by atoms with Gasteiger partial charge in [0, 0.05) is 20.2 Å². The lowest BCUT2D eigenvalue weighted by Crippen LogP contribution is -2.28. The maximum Gasteiger partial charge on any atom is 0.356 e. The van der Waals surface area contributed by atoms with Crippen molar-refractivity contribution in [2.24, 2.45) is 0 Å². The van der Waals surface area contributed by atoms with Crippen LogP contribution in [0, 0.1) is 0 Å². The monoisotopic (exact) mass is 609 g/mol. The average Bonchev–Trinajstić information content (AvgIpc) is 3.20. The molecule has 0 radical (unpaired) electrons. The van der Waals surface area contributed by atoms with Crippen molar-refractivity contribution in [3.05, 3.63) is 88.0 Å². The second-order valence-electron chi connectivity index (χ2n) is 7.61. The van der Waals surface area contributed by atoms with E-state index in [9.17, 15) is 17.8 Å². The van der Waals surface area contributed by atoms with Crippen molar-refractivity contribution in [3.63, 3.8) is 0 Å². The summed E-state index contributed by atoms with van der Waals surface area (Å²) in [6.45, 7) is 3.28.